The van der Waals surface area contributed by atoms with Gasteiger partial charge in [0.2, 0.25) is 0 Å². The largest absolute Gasteiger partial charge is 0.384 e. The zero-order chi connectivity index (χ0) is 30.9. The van der Waals surface area contributed by atoms with Crippen LogP contribution in [0.25, 0.3) is 11.1 Å². The molecule has 230 valence electrons. The number of pyridine rings is 1. The molecule has 2 heterocycles. The predicted molar refractivity (Wildman–Crippen MR) is 177 cm³/mol. The van der Waals surface area contributed by atoms with Crippen molar-refractivity contribution < 1.29 is 13.2 Å². The highest BCUT2D eigenvalue weighted by Crippen LogP contribution is 2.28. The number of sulfonamides is 1. The van der Waals surface area contributed by atoms with Gasteiger partial charge in [-0.3, -0.25) is 4.72 Å². The van der Waals surface area contributed by atoms with E-state index < -0.39 is 10.0 Å². The molecule has 0 spiro atoms. The van der Waals surface area contributed by atoms with Gasteiger partial charge >= 0.3 is 6.03 Å². The number of aromatic nitrogens is 1. The summed E-state index contributed by atoms with van der Waals surface area (Å²) in [5.74, 6) is 0.560. The van der Waals surface area contributed by atoms with E-state index in [1.165, 1.54) is 23.3 Å². The standard InChI is InChI=1S/C34H40N6O3S/c1-2-3-4-5-21-37-34(41)38-27-14-16-29(17-15-27)44(42,43)40-28-12-10-26(11-13-28)25-8-6-24(7-9-25)23-32-30-18-19-33(35)39-31(30)20-22-36-32/h6-19,32,36,40H,2-5,20-23H2,1H3,(H2,35,39)(H2,37,38,41). The highest BCUT2D eigenvalue weighted by molar-refractivity contribution is 7.92. The number of hydrogen-bond acceptors (Lipinski definition) is 6. The molecule has 3 aromatic carbocycles. The van der Waals surface area contributed by atoms with E-state index in [1.807, 2.05) is 18.2 Å². The lowest BCUT2D eigenvalue weighted by molar-refractivity contribution is 0.252. The number of benzene rings is 3. The van der Waals surface area contributed by atoms with Crippen LogP contribution >= 0.6 is 0 Å². The molecule has 9 nitrogen and oxygen atoms in total. The number of carbonyl (C=O) groups is 1. The second kappa shape index (κ2) is 14.4. The molecular formula is C34H40N6O3S. The molecule has 0 aliphatic carbocycles. The minimum Gasteiger partial charge on any atom is -0.384 e. The molecule has 10 heteroatoms. The first-order valence-corrected chi connectivity index (χ1v) is 16.6. The molecule has 0 fully saturated rings. The first-order valence-electron chi connectivity index (χ1n) is 15.2. The summed E-state index contributed by atoms with van der Waals surface area (Å²) >= 11 is 0. The summed E-state index contributed by atoms with van der Waals surface area (Å²) < 4.78 is 28.6. The Hall–Kier alpha value is -4.41. The van der Waals surface area contributed by atoms with Crippen molar-refractivity contribution in [3.63, 3.8) is 0 Å². The van der Waals surface area contributed by atoms with Crippen LogP contribution in [-0.4, -0.2) is 32.5 Å². The molecule has 6 N–H and O–H groups in total. The summed E-state index contributed by atoms with van der Waals surface area (Å²) in [4.78, 5) is 16.7. The second-order valence-electron chi connectivity index (χ2n) is 11.1. The number of amides is 2. The molecule has 4 aromatic rings. The zero-order valence-electron chi connectivity index (χ0n) is 25.0. The van der Waals surface area contributed by atoms with Crippen LogP contribution < -0.4 is 26.4 Å². The lowest BCUT2D eigenvalue weighted by Gasteiger charge is -2.26. The number of nitrogens with two attached hydrogens (primary N) is 1. The smallest absolute Gasteiger partial charge is 0.319 e. The molecule has 5 rings (SSSR count). The number of hydrogen-bond donors (Lipinski definition) is 5. The molecule has 1 atom stereocenters. The normalized spacial score (nSPS) is 14.4. The highest BCUT2D eigenvalue weighted by Gasteiger charge is 2.21. The molecule has 1 unspecified atom stereocenters. The van der Waals surface area contributed by atoms with Crippen molar-refractivity contribution in [2.24, 2.45) is 0 Å². The Labute approximate surface area is 259 Å². The van der Waals surface area contributed by atoms with E-state index in [0.717, 1.165) is 61.9 Å². The van der Waals surface area contributed by atoms with Crippen molar-refractivity contribution in [2.45, 2.75) is 56.4 Å². The number of unbranched alkanes of at least 4 members (excludes halogenated alkanes) is 3. The number of nitrogens with zero attached hydrogens (tertiary/aromatic N) is 1. The third kappa shape index (κ3) is 8.15. The molecule has 44 heavy (non-hydrogen) atoms. The first kappa shape index (κ1) is 31.0. The molecule has 2 amide bonds. The van der Waals surface area contributed by atoms with Gasteiger partial charge in [0.1, 0.15) is 5.82 Å². The monoisotopic (exact) mass is 612 g/mol. The molecule has 1 aliphatic heterocycles. The maximum atomic E-state index is 13.0. The van der Waals surface area contributed by atoms with E-state index in [-0.39, 0.29) is 17.0 Å². The SMILES string of the molecule is CCCCCCNC(=O)Nc1ccc(S(=O)(=O)Nc2ccc(-c3ccc(CC4NCCc5nc(N)ccc54)cc3)cc2)cc1. The van der Waals surface area contributed by atoms with E-state index in [9.17, 15) is 13.2 Å². The van der Waals surface area contributed by atoms with E-state index >= 15 is 0 Å². The van der Waals surface area contributed by atoms with Crippen LogP contribution in [0.5, 0.6) is 0 Å². The maximum absolute atomic E-state index is 13.0. The number of carbonyl (C=O) groups excluding carboxylic acids is 1. The highest BCUT2D eigenvalue weighted by atomic mass is 32.2. The van der Waals surface area contributed by atoms with Gasteiger partial charge in [0.25, 0.3) is 10.0 Å². The fourth-order valence-electron chi connectivity index (χ4n) is 5.36. The van der Waals surface area contributed by atoms with Gasteiger partial charge in [-0.2, -0.15) is 0 Å². The van der Waals surface area contributed by atoms with Crippen LogP contribution in [0.2, 0.25) is 0 Å². The van der Waals surface area contributed by atoms with E-state index in [4.69, 9.17) is 5.73 Å². The number of anilines is 3. The van der Waals surface area contributed by atoms with Crippen molar-refractivity contribution in [2.75, 3.05) is 28.9 Å². The topological polar surface area (TPSA) is 138 Å². The Kier molecular flexibility index (Phi) is 10.1. The maximum Gasteiger partial charge on any atom is 0.319 e. The summed E-state index contributed by atoms with van der Waals surface area (Å²) in [5.41, 5.74) is 12.4. The van der Waals surface area contributed by atoms with Crippen LogP contribution in [0.3, 0.4) is 0 Å². The summed E-state index contributed by atoms with van der Waals surface area (Å²) in [5, 5.41) is 9.15. The van der Waals surface area contributed by atoms with Crippen LogP contribution in [0.1, 0.15) is 55.5 Å². The first-order chi connectivity index (χ1) is 21.3. The fourth-order valence-corrected chi connectivity index (χ4v) is 6.42. The predicted octanol–water partition coefficient (Wildman–Crippen LogP) is 6.26. The third-order valence-electron chi connectivity index (χ3n) is 7.76. The lowest BCUT2D eigenvalue weighted by atomic mass is 9.92. The average Bonchev–Trinajstić information content (AvgIpc) is 3.02. The Balaban J connectivity index is 1.15. The molecule has 0 bridgehead atoms. The number of fused-ring (bicyclic) bond motifs is 1. The van der Waals surface area contributed by atoms with E-state index in [0.29, 0.717) is 23.7 Å². The minimum absolute atomic E-state index is 0.108. The van der Waals surface area contributed by atoms with Crippen molar-refractivity contribution in [1.29, 1.82) is 0 Å². The van der Waals surface area contributed by atoms with Crippen LogP contribution in [0.15, 0.2) is 89.8 Å². The van der Waals surface area contributed by atoms with Crippen LogP contribution in [-0.2, 0) is 22.9 Å². The number of rotatable bonds is 12. The van der Waals surface area contributed by atoms with Gasteiger partial charge < -0.3 is 21.7 Å². The molecule has 0 radical (unpaired) electrons. The van der Waals surface area contributed by atoms with Gasteiger partial charge in [0.15, 0.2) is 0 Å². The van der Waals surface area contributed by atoms with Crippen molar-refractivity contribution in [1.82, 2.24) is 15.6 Å². The van der Waals surface area contributed by atoms with Gasteiger partial charge in [-0.25, -0.2) is 18.2 Å². The quantitative estimate of drug-likeness (QED) is 0.120. The van der Waals surface area contributed by atoms with Gasteiger partial charge in [-0.15, -0.1) is 0 Å². The molecular weight excluding hydrogens is 572 g/mol. The number of nitrogen functional groups attached to an aromatic ring is 1. The average molecular weight is 613 g/mol. The van der Waals surface area contributed by atoms with E-state index in [1.54, 1.807) is 24.3 Å². The third-order valence-corrected chi connectivity index (χ3v) is 9.16. The Morgan fingerprint density at radius 3 is 2.27 bits per heavy atom. The van der Waals surface area contributed by atoms with Gasteiger partial charge in [0, 0.05) is 42.6 Å². The molecule has 1 aliphatic rings. The molecule has 0 saturated heterocycles. The second-order valence-corrected chi connectivity index (χ2v) is 12.8. The minimum atomic E-state index is -3.80. The fraction of sp³-hybridized carbons (Fsp3) is 0.294. The summed E-state index contributed by atoms with van der Waals surface area (Å²) in [6.45, 7) is 3.62. The van der Waals surface area contributed by atoms with Crippen molar-refractivity contribution in [3.05, 3.63) is 102 Å². The van der Waals surface area contributed by atoms with Crippen molar-refractivity contribution in [3.8, 4) is 11.1 Å². The van der Waals surface area contributed by atoms with Gasteiger partial charge in [-0.05, 0) is 77.6 Å². The van der Waals surface area contributed by atoms with Crippen molar-refractivity contribution >= 4 is 33.2 Å². The Morgan fingerprint density at radius 2 is 1.57 bits per heavy atom. The van der Waals surface area contributed by atoms with Crippen LogP contribution in [0, 0.1) is 0 Å². The Bertz CT molecular complexity index is 1660. The van der Waals surface area contributed by atoms with E-state index in [2.05, 4.69) is 62.9 Å². The van der Waals surface area contributed by atoms with Gasteiger partial charge in [-0.1, -0.05) is 68.7 Å². The lowest BCUT2D eigenvalue weighted by Crippen LogP contribution is -2.32. The molecule has 0 saturated carbocycles. The summed E-state index contributed by atoms with van der Waals surface area (Å²) in [6.07, 6.45) is 6.03. The summed E-state index contributed by atoms with van der Waals surface area (Å²) in [6, 6.07) is 25.7. The zero-order valence-corrected chi connectivity index (χ0v) is 25.8. The van der Waals surface area contributed by atoms with Gasteiger partial charge in [0.05, 0.1) is 4.90 Å². The number of urea groups is 1. The number of nitrogens with one attached hydrogen (secondary N) is 4. The van der Waals surface area contributed by atoms with Crippen LogP contribution in [0.4, 0.5) is 22.0 Å². The molecule has 1 aromatic heterocycles. The summed E-state index contributed by atoms with van der Waals surface area (Å²) in [7, 11) is -3.80. The Morgan fingerprint density at radius 1 is 0.886 bits per heavy atom.